The summed E-state index contributed by atoms with van der Waals surface area (Å²) in [5, 5.41) is 1.80. The van der Waals surface area contributed by atoms with Gasteiger partial charge in [0.05, 0.1) is 14.2 Å². The van der Waals surface area contributed by atoms with Gasteiger partial charge in [0.1, 0.15) is 0 Å². The zero-order valence-electron chi connectivity index (χ0n) is 9.87. The van der Waals surface area contributed by atoms with Crippen LogP contribution >= 0.6 is 12.4 Å². The third-order valence-corrected chi connectivity index (χ3v) is 2.56. The van der Waals surface area contributed by atoms with Crippen LogP contribution in [0.1, 0.15) is 5.69 Å². The van der Waals surface area contributed by atoms with Crippen LogP contribution in [-0.4, -0.2) is 19.2 Å². The monoisotopic (exact) mass is 255 g/mol. The molecule has 92 valence electrons. The van der Waals surface area contributed by atoms with Crippen LogP contribution < -0.4 is 15.0 Å². The second-order valence-corrected chi connectivity index (χ2v) is 3.55. The highest BCUT2D eigenvalue weighted by atomic mass is 35.5. The lowest BCUT2D eigenvalue weighted by Gasteiger charge is -2.10. The van der Waals surface area contributed by atoms with Gasteiger partial charge in [0, 0.05) is 17.1 Å². The number of aryl methyl sites for hydroxylation is 1. The lowest BCUT2D eigenvalue weighted by Crippen LogP contribution is -2.05. The van der Waals surface area contributed by atoms with Crippen LogP contribution in [0.2, 0.25) is 0 Å². The Morgan fingerprint density at radius 1 is 1.06 bits per heavy atom. The van der Waals surface area contributed by atoms with Crippen molar-refractivity contribution in [1.29, 1.82) is 0 Å². The molecule has 1 aromatic carbocycles. The molecule has 0 aliphatic heterocycles. The summed E-state index contributed by atoms with van der Waals surface area (Å²) in [4.78, 5) is 14.1. The van der Waals surface area contributed by atoms with Gasteiger partial charge in [0.15, 0.2) is 11.5 Å². The summed E-state index contributed by atoms with van der Waals surface area (Å²) in [6, 6.07) is 5.21. The Morgan fingerprint density at radius 3 is 2.24 bits per heavy atom. The van der Waals surface area contributed by atoms with Gasteiger partial charge in [-0.05, 0) is 24.4 Å². The molecule has 5 heteroatoms. The predicted molar refractivity (Wildman–Crippen MR) is 69.7 cm³/mol. The molecule has 0 fully saturated rings. The third kappa shape index (κ3) is 2.36. The third-order valence-electron chi connectivity index (χ3n) is 2.56. The Balaban J connectivity index is 0.00000144. The van der Waals surface area contributed by atoms with E-state index in [-0.39, 0.29) is 18.0 Å². The number of fused-ring (bicyclic) bond motifs is 1. The topological polar surface area (TPSA) is 51.3 Å². The Labute approximate surface area is 105 Å². The molecule has 1 aromatic heterocycles. The Kier molecular flexibility index (Phi) is 4.02. The van der Waals surface area contributed by atoms with Crippen molar-refractivity contribution in [2.75, 3.05) is 14.2 Å². The first-order chi connectivity index (χ1) is 7.65. The number of methoxy groups -OCH3 is 2. The molecule has 0 aliphatic carbocycles. The number of benzene rings is 1. The second kappa shape index (κ2) is 5.10. The van der Waals surface area contributed by atoms with E-state index in [0.717, 1.165) is 16.5 Å². The fourth-order valence-electron chi connectivity index (χ4n) is 1.77. The molecule has 0 amide bonds. The molecule has 0 spiro atoms. The highest BCUT2D eigenvalue weighted by Gasteiger charge is 2.07. The summed E-state index contributed by atoms with van der Waals surface area (Å²) >= 11 is 0. The Morgan fingerprint density at radius 2 is 1.65 bits per heavy atom. The van der Waals surface area contributed by atoms with Crippen molar-refractivity contribution in [3.05, 3.63) is 34.2 Å². The standard InChI is InChI=1S/C12H13NO3.ClH/c1-7-9-6-11(16-3)10(15-2)4-8(9)5-12(14)13-7;/h4-6H,1-3H3,(H,13,14);1H. The van der Waals surface area contributed by atoms with E-state index < -0.39 is 0 Å². The van der Waals surface area contributed by atoms with Crippen LogP contribution in [0.4, 0.5) is 0 Å². The number of hydrogen-bond donors (Lipinski definition) is 1. The smallest absolute Gasteiger partial charge is 0.248 e. The number of H-pyrrole nitrogens is 1. The van der Waals surface area contributed by atoms with Gasteiger partial charge in [-0.3, -0.25) is 4.79 Å². The van der Waals surface area contributed by atoms with E-state index in [1.807, 2.05) is 13.0 Å². The van der Waals surface area contributed by atoms with E-state index in [1.54, 1.807) is 26.4 Å². The van der Waals surface area contributed by atoms with Crippen molar-refractivity contribution in [3.8, 4) is 11.5 Å². The normalized spacial score (nSPS) is 9.82. The lowest BCUT2D eigenvalue weighted by atomic mass is 10.1. The molecule has 17 heavy (non-hydrogen) atoms. The van der Waals surface area contributed by atoms with Crippen LogP contribution in [0.15, 0.2) is 23.0 Å². The highest BCUT2D eigenvalue weighted by molar-refractivity contribution is 5.87. The van der Waals surface area contributed by atoms with Gasteiger partial charge in [-0.1, -0.05) is 0 Å². The number of pyridine rings is 1. The SMILES string of the molecule is COc1cc2cc(=O)[nH]c(C)c2cc1OC.Cl. The average Bonchev–Trinajstić information content (AvgIpc) is 2.27. The molecule has 0 saturated heterocycles. The molecule has 1 heterocycles. The van der Waals surface area contributed by atoms with Gasteiger partial charge in [0.2, 0.25) is 5.56 Å². The molecule has 0 aliphatic rings. The largest absolute Gasteiger partial charge is 0.493 e. The maximum absolute atomic E-state index is 11.3. The minimum atomic E-state index is -0.114. The van der Waals surface area contributed by atoms with E-state index in [1.165, 1.54) is 0 Å². The molecular formula is C12H14ClNO3. The second-order valence-electron chi connectivity index (χ2n) is 3.55. The summed E-state index contributed by atoms with van der Waals surface area (Å²) < 4.78 is 10.4. The predicted octanol–water partition coefficient (Wildman–Crippen LogP) is 2.28. The summed E-state index contributed by atoms with van der Waals surface area (Å²) in [5.41, 5.74) is 0.709. The van der Waals surface area contributed by atoms with Crippen molar-refractivity contribution in [2.24, 2.45) is 0 Å². The van der Waals surface area contributed by atoms with Gasteiger partial charge in [-0.15, -0.1) is 12.4 Å². The van der Waals surface area contributed by atoms with Gasteiger partial charge < -0.3 is 14.5 Å². The minimum absolute atomic E-state index is 0. The number of halogens is 1. The van der Waals surface area contributed by atoms with E-state index in [0.29, 0.717) is 11.5 Å². The van der Waals surface area contributed by atoms with Gasteiger partial charge >= 0.3 is 0 Å². The maximum atomic E-state index is 11.3. The number of ether oxygens (including phenoxy) is 2. The lowest BCUT2D eigenvalue weighted by molar-refractivity contribution is 0.356. The van der Waals surface area contributed by atoms with E-state index in [9.17, 15) is 4.79 Å². The van der Waals surface area contributed by atoms with E-state index >= 15 is 0 Å². The molecule has 0 bridgehead atoms. The zero-order valence-corrected chi connectivity index (χ0v) is 10.7. The Bertz CT molecular complexity index is 592. The number of rotatable bonds is 2. The Hall–Kier alpha value is -1.68. The van der Waals surface area contributed by atoms with E-state index in [2.05, 4.69) is 4.98 Å². The summed E-state index contributed by atoms with van der Waals surface area (Å²) in [6.07, 6.45) is 0. The first-order valence-electron chi connectivity index (χ1n) is 4.91. The molecule has 0 unspecified atom stereocenters. The van der Waals surface area contributed by atoms with Crippen LogP contribution in [0.5, 0.6) is 11.5 Å². The quantitative estimate of drug-likeness (QED) is 0.896. The van der Waals surface area contributed by atoms with Crippen LogP contribution in [0.25, 0.3) is 10.8 Å². The van der Waals surface area contributed by atoms with Crippen molar-refractivity contribution in [3.63, 3.8) is 0 Å². The molecular weight excluding hydrogens is 242 g/mol. The first kappa shape index (κ1) is 13.4. The van der Waals surface area contributed by atoms with Crippen LogP contribution in [0.3, 0.4) is 0 Å². The van der Waals surface area contributed by atoms with Gasteiger partial charge in [0.25, 0.3) is 0 Å². The number of nitrogens with one attached hydrogen (secondary N) is 1. The summed E-state index contributed by atoms with van der Waals surface area (Å²) in [6.45, 7) is 1.86. The number of aromatic amines is 1. The van der Waals surface area contributed by atoms with Crippen molar-refractivity contribution in [1.82, 2.24) is 4.98 Å². The zero-order chi connectivity index (χ0) is 11.7. The molecule has 2 aromatic rings. The molecule has 0 atom stereocenters. The number of hydrogen-bond acceptors (Lipinski definition) is 3. The molecule has 1 N–H and O–H groups in total. The summed E-state index contributed by atoms with van der Waals surface area (Å²) in [7, 11) is 3.16. The van der Waals surface area contributed by atoms with Crippen molar-refractivity contribution < 1.29 is 9.47 Å². The number of aromatic nitrogens is 1. The van der Waals surface area contributed by atoms with Gasteiger partial charge in [-0.2, -0.15) is 0 Å². The molecule has 0 radical (unpaired) electrons. The summed E-state index contributed by atoms with van der Waals surface area (Å²) in [5.74, 6) is 1.28. The van der Waals surface area contributed by atoms with Crippen molar-refractivity contribution >= 4 is 23.2 Å². The molecule has 2 rings (SSSR count). The van der Waals surface area contributed by atoms with Crippen LogP contribution in [-0.2, 0) is 0 Å². The minimum Gasteiger partial charge on any atom is -0.493 e. The average molecular weight is 256 g/mol. The molecule has 0 saturated carbocycles. The fraction of sp³-hybridized carbons (Fsp3) is 0.250. The van der Waals surface area contributed by atoms with E-state index in [4.69, 9.17) is 9.47 Å². The van der Waals surface area contributed by atoms with Gasteiger partial charge in [-0.25, -0.2) is 0 Å². The van der Waals surface area contributed by atoms with Crippen molar-refractivity contribution in [2.45, 2.75) is 6.92 Å². The molecule has 4 nitrogen and oxygen atoms in total. The first-order valence-corrected chi connectivity index (χ1v) is 4.91. The van der Waals surface area contributed by atoms with Crippen LogP contribution in [0, 0.1) is 6.92 Å². The maximum Gasteiger partial charge on any atom is 0.248 e. The fourth-order valence-corrected chi connectivity index (χ4v) is 1.77. The highest BCUT2D eigenvalue weighted by Crippen LogP contribution is 2.32.